The molecule has 0 radical (unpaired) electrons. The number of nitrogens with one attached hydrogen (secondary N) is 1. The van der Waals surface area contributed by atoms with Gasteiger partial charge < -0.3 is 20.5 Å². The lowest BCUT2D eigenvalue weighted by molar-refractivity contribution is -0.141. The number of benzene rings is 1. The van der Waals surface area contributed by atoms with E-state index in [0.29, 0.717) is 35.9 Å². The predicted molar refractivity (Wildman–Crippen MR) is 166 cm³/mol. The van der Waals surface area contributed by atoms with Crippen LogP contribution in [-0.2, 0) is 25.7 Å². The smallest absolute Gasteiger partial charge is 0.302 e. The second-order valence-electron chi connectivity index (χ2n) is 14.9. The second kappa shape index (κ2) is 13.4. The summed E-state index contributed by atoms with van der Waals surface area (Å²) in [5, 5.41) is 3.31. The summed E-state index contributed by atoms with van der Waals surface area (Å²) in [5.41, 5.74) is 8.16. The topological polar surface area (TPSA) is 90.7 Å². The third-order valence-electron chi connectivity index (χ3n) is 12.6. The molecule has 0 unspecified atom stereocenters. The minimum Gasteiger partial charge on any atom is -0.466 e. The zero-order valence-corrected chi connectivity index (χ0v) is 26.6. The van der Waals surface area contributed by atoms with Crippen molar-refractivity contribution in [1.29, 1.82) is 0 Å². The normalized spacial score (nSPS) is 37.1. The first-order valence-electron chi connectivity index (χ1n) is 16.9. The molecular weight excluding hydrogens is 524 g/mol. The lowest BCUT2D eigenvalue weighted by Gasteiger charge is -2.61. The van der Waals surface area contributed by atoms with Crippen molar-refractivity contribution in [3.05, 3.63) is 35.9 Å². The monoisotopic (exact) mass is 580 g/mol. The number of ether oxygens (including phenoxy) is 2. The third-order valence-corrected chi connectivity index (χ3v) is 12.6. The lowest BCUT2D eigenvalue weighted by Crippen LogP contribution is -2.56. The zero-order valence-electron chi connectivity index (χ0n) is 26.6. The quantitative estimate of drug-likeness (QED) is 0.226. The zero-order chi connectivity index (χ0) is 29.9. The van der Waals surface area contributed by atoms with Crippen LogP contribution >= 0.6 is 0 Å². The van der Waals surface area contributed by atoms with Crippen LogP contribution in [0.2, 0.25) is 0 Å². The van der Waals surface area contributed by atoms with Crippen molar-refractivity contribution in [2.24, 2.45) is 52.1 Å². The standard InChI is InChI=1S/C36H56N2O4/c1-24(9-8-20-42-25(2)39)30-14-15-31-29-13-12-27-21-28(16-18-35(27,3)32(29)17-19-36(30,31)4)38-34(40)33(37)23-41-22-26-10-6-5-7-11-26/h5-7,10-11,24,27-33H,8-9,12-23,37H2,1-4H3,(H,38,40)/t24-,27-,28+,29+,30-,31+,32+,33-,35+,36-/m1/s1. The van der Waals surface area contributed by atoms with E-state index < -0.39 is 6.04 Å². The molecule has 4 aliphatic rings. The summed E-state index contributed by atoms with van der Waals surface area (Å²) in [6, 6.07) is 9.61. The van der Waals surface area contributed by atoms with Gasteiger partial charge >= 0.3 is 5.97 Å². The van der Waals surface area contributed by atoms with Gasteiger partial charge in [0, 0.05) is 13.0 Å². The van der Waals surface area contributed by atoms with Crippen molar-refractivity contribution >= 4 is 11.9 Å². The minimum absolute atomic E-state index is 0.0715. The van der Waals surface area contributed by atoms with Crippen molar-refractivity contribution in [1.82, 2.24) is 5.32 Å². The Labute approximate surface area is 254 Å². The molecule has 4 aliphatic carbocycles. The Morgan fingerprint density at radius 1 is 1.00 bits per heavy atom. The predicted octanol–water partition coefficient (Wildman–Crippen LogP) is 6.65. The summed E-state index contributed by atoms with van der Waals surface area (Å²) < 4.78 is 11.0. The van der Waals surface area contributed by atoms with Gasteiger partial charge in [-0.2, -0.15) is 0 Å². The highest BCUT2D eigenvalue weighted by Gasteiger charge is 2.60. The van der Waals surface area contributed by atoms with Crippen molar-refractivity contribution in [2.75, 3.05) is 13.2 Å². The highest BCUT2D eigenvalue weighted by Crippen LogP contribution is 2.68. The fourth-order valence-electron chi connectivity index (χ4n) is 10.4. The first-order chi connectivity index (χ1) is 20.1. The molecule has 6 nitrogen and oxygen atoms in total. The molecule has 6 heteroatoms. The van der Waals surface area contributed by atoms with Gasteiger partial charge in [-0.15, -0.1) is 0 Å². The van der Waals surface area contributed by atoms with E-state index in [4.69, 9.17) is 15.2 Å². The summed E-state index contributed by atoms with van der Waals surface area (Å²) in [4.78, 5) is 24.1. The van der Waals surface area contributed by atoms with Crippen LogP contribution in [-0.4, -0.2) is 37.2 Å². The fourth-order valence-corrected chi connectivity index (χ4v) is 10.4. The van der Waals surface area contributed by atoms with Crippen LogP contribution in [0.5, 0.6) is 0 Å². The van der Waals surface area contributed by atoms with E-state index in [-0.39, 0.29) is 24.5 Å². The Balaban J connectivity index is 1.12. The summed E-state index contributed by atoms with van der Waals surface area (Å²) in [5.74, 6) is 4.44. The molecule has 4 saturated carbocycles. The van der Waals surface area contributed by atoms with Crippen LogP contribution in [0, 0.1) is 46.3 Å². The van der Waals surface area contributed by atoms with Crippen LogP contribution in [0.25, 0.3) is 0 Å². The van der Waals surface area contributed by atoms with Gasteiger partial charge in [-0.05, 0) is 123 Å². The molecule has 0 saturated heterocycles. The van der Waals surface area contributed by atoms with Gasteiger partial charge in [0.2, 0.25) is 5.91 Å². The number of nitrogens with two attached hydrogens (primary N) is 1. The van der Waals surface area contributed by atoms with E-state index >= 15 is 0 Å². The van der Waals surface area contributed by atoms with Gasteiger partial charge in [0.15, 0.2) is 0 Å². The molecule has 10 atom stereocenters. The van der Waals surface area contributed by atoms with E-state index in [1.54, 1.807) is 0 Å². The van der Waals surface area contributed by atoms with E-state index in [1.165, 1.54) is 51.9 Å². The van der Waals surface area contributed by atoms with Crippen molar-refractivity contribution in [2.45, 2.75) is 117 Å². The van der Waals surface area contributed by atoms with Crippen LogP contribution in [0.15, 0.2) is 30.3 Å². The van der Waals surface area contributed by atoms with Crippen LogP contribution < -0.4 is 11.1 Å². The summed E-state index contributed by atoms with van der Waals surface area (Å²) in [6.45, 7) is 10.5. The van der Waals surface area contributed by atoms with E-state index in [9.17, 15) is 9.59 Å². The average molecular weight is 581 g/mol. The van der Waals surface area contributed by atoms with Crippen LogP contribution in [0.4, 0.5) is 0 Å². The molecule has 5 rings (SSSR count). The Morgan fingerprint density at radius 3 is 2.50 bits per heavy atom. The molecule has 4 fully saturated rings. The molecule has 0 aliphatic heterocycles. The first-order valence-corrected chi connectivity index (χ1v) is 16.9. The number of fused-ring (bicyclic) bond motifs is 5. The Kier molecular flexibility index (Phi) is 10.0. The molecule has 0 spiro atoms. The molecule has 1 aromatic rings. The maximum atomic E-state index is 12.9. The number of hydrogen-bond acceptors (Lipinski definition) is 5. The molecule has 0 bridgehead atoms. The largest absolute Gasteiger partial charge is 0.466 e. The molecule has 0 heterocycles. The van der Waals surface area contributed by atoms with Crippen molar-refractivity contribution in [3.63, 3.8) is 0 Å². The summed E-state index contributed by atoms with van der Waals surface area (Å²) in [6.07, 6.45) is 13.6. The third kappa shape index (κ3) is 6.60. The minimum atomic E-state index is -0.631. The summed E-state index contributed by atoms with van der Waals surface area (Å²) in [7, 11) is 0. The van der Waals surface area contributed by atoms with Gasteiger partial charge in [0.05, 0.1) is 19.8 Å². The highest BCUT2D eigenvalue weighted by molar-refractivity contribution is 5.81. The van der Waals surface area contributed by atoms with Gasteiger partial charge in [-0.1, -0.05) is 51.1 Å². The number of esters is 1. The Bertz CT molecular complexity index is 1060. The van der Waals surface area contributed by atoms with Gasteiger partial charge in [-0.3, -0.25) is 9.59 Å². The van der Waals surface area contributed by atoms with Gasteiger partial charge in [0.25, 0.3) is 0 Å². The van der Waals surface area contributed by atoms with Crippen molar-refractivity contribution in [3.8, 4) is 0 Å². The average Bonchev–Trinajstić information content (AvgIpc) is 3.33. The molecule has 3 N–H and O–H groups in total. The van der Waals surface area contributed by atoms with Crippen LogP contribution in [0.3, 0.4) is 0 Å². The molecule has 234 valence electrons. The Morgan fingerprint density at radius 2 is 1.74 bits per heavy atom. The maximum Gasteiger partial charge on any atom is 0.302 e. The summed E-state index contributed by atoms with van der Waals surface area (Å²) >= 11 is 0. The fraction of sp³-hybridized carbons (Fsp3) is 0.778. The second-order valence-corrected chi connectivity index (χ2v) is 14.9. The molecule has 1 aromatic carbocycles. The molecular formula is C36H56N2O4. The molecule has 42 heavy (non-hydrogen) atoms. The van der Waals surface area contributed by atoms with E-state index in [2.05, 4.69) is 26.1 Å². The van der Waals surface area contributed by atoms with Crippen molar-refractivity contribution < 1.29 is 19.1 Å². The SMILES string of the molecule is CC(=O)OCCC[C@@H](C)[C@H]1CC[C@H]2[C@@H]3CC[C@@H]4C[C@@H](NC(=O)[C@H](N)COCc5ccccc5)CC[C@]4(C)[C@H]3CC[C@]12C. The number of rotatable bonds is 11. The molecule has 1 amide bonds. The maximum absolute atomic E-state index is 12.9. The van der Waals surface area contributed by atoms with E-state index in [0.717, 1.165) is 54.9 Å². The van der Waals surface area contributed by atoms with Gasteiger partial charge in [-0.25, -0.2) is 0 Å². The highest BCUT2D eigenvalue weighted by atomic mass is 16.5. The number of carbonyl (C=O) groups excluding carboxylic acids is 2. The van der Waals surface area contributed by atoms with Gasteiger partial charge in [0.1, 0.15) is 6.04 Å². The molecule has 0 aromatic heterocycles. The lowest BCUT2D eigenvalue weighted by atomic mass is 9.44. The number of amides is 1. The van der Waals surface area contributed by atoms with Crippen LogP contribution in [0.1, 0.15) is 104 Å². The number of carbonyl (C=O) groups is 2. The van der Waals surface area contributed by atoms with E-state index in [1.807, 2.05) is 30.3 Å². The Hall–Kier alpha value is -1.92. The number of hydrogen-bond donors (Lipinski definition) is 2. The first kappa shape index (κ1) is 31.5.